The van der Waals surface area contributed by atoms with Gasteiger partial charge in [0.25, 0.3) is 0 Å². The van der Waals surface area contributed by atoms with Crippen molar-refractivity contribution in [3.8, 4) is 33.6 Å². The van der Waals surface area contributed by atoms with Crippen molar-refractivity contribution < 1.29 is 0 Å². The SMILES string of the molecule is Brc1ccc(-c2cccc(-c3cc(-n4c5ccccc5c5ccccc54)cc(-n4c5ccccc5c5ccccc54)c3)c2)cc1. The molecule has 3 heteroatoms. The zero-order valence-corrected chi connectivity index (χ0v) is 25.9. The van der Waals surface area contributed by atoms with Crippen LogP contribution in [-0.4, -0.2) is 9.13 Å². The lowest BCUT2D eigenvalue weighted by molar-refractivity contribution is 1.13. The number of hydrogen-bond acceptors (Lipinski definition) is 0. The van der Waals surface area contributed by atoms with E-state index >= 15 is 0 Å². The van der Waals surface area contributed by atoms with E-state index in [1.807, 2.05) is 0 Å². The van der Waals surface area contributed by atoms with Crippen LogP contribution in [0.1, 0.15) is 0 Å². The van der Waals surface area contributed by atoms with Crippen LogP contribution in [-0.2, 0) is 0 Å². The molecular formula is C42H27BrN2. The average Bonchev–Trinajstić information content (AvgIpc) is 3.62. The molecule has 2 aromatic heterocycles. The fraction of sp³-hybridized carbons (Fsp3) is 0. The van der Waals surface area contributed by atoms with E-state index in [2.05, 4.69) is 189 Å². The van der Waals surface area contributed by atoms with Crippen LogP contribution in [0.25, 0.3) is 77.2 Å². The van der Waals surface area contributed by atoms with Gasteiger partial charge in [0.05, 0.1) is 22.1 Å². The summed E-state index contributed by atoms with van der Waals surface area (Å²) in [5, 5.41) is 5.03. The highest BCUT2D eigenvalue weighted by molar-refractivity contribution is 9.10. The number of fused-ring (bicyclic) bond motifs is 6. The number of rotatable bonds is 4. The van der Waals surface area contributed by atoms with Crippen LogP contribution in [0.5, 0.6) is 0 Å². The average molecular weight is 640 g/mol. The molecule has 0 spiro atoms. The van der Waals surface area contributed by atoms with Crippen molar-refractivity contribution in [1.82, 2.24) is 9.13 Å². The molecule has 0 saturated carbocycles. The molecule has 0 aliphatic carbocycles. The predicted octanol–water partition coefficient (Wildman–Crippen LogP) is 12.0. The summed E-state index contributed by atoms with van der Waals surface area (Å²) in [6.45, 7) is 0. The highest BCUT2D eigenvalue weighted by Gasteiger charge is 2.17. The lowest BCUT2D eigenvalue weighted by Gasteiger charge is -2.16. The van der Waals surface area contributed by atoms with Gasteiger partial charge < -0.3 is 9.13 Å². The molecule has 9 aromatic rings. The van der Waals surface area contributed by atoms with Crippen LogP contribution >= 0.6 is 15.9 Å². The Morgan fingerprint density at radius 3 is 1.16 bits per heavy atom. The van der Waals surface area contributed by atoms with E-state index in [1.165, 1.54) is 65.9 Å². The summed E-state index contributed by atoms with van der Waals surface area (Å²) < 4.78 is 5.92. The van der Waals surface area contributed by atoms with Gasteiger partial charge in [0.15, 0.2) is 0 Å². The van der Waals surface area contributed by atoms with Crippen LogP contribution in [0.15, 0.2) is 168 Å². The third-order valence-corrected chi connectivity index (χ3v) is 9.48. The molecule has 45 heavy (non-hydrogen) atoms. The second kappa shape index (κ2) is 10.4. The lowest BCUT2D eigenvalue weighted by Crippen LogP contribution is -2.00. The summed E-state index contributed by atoms with van der Waals surface area (Å²) in [7, 11) is 0. The number of aromatic nitrogens is 2. The normalized spacial score (nSPS) is 11.7. The first-order chi connectivity index (χ1) is 22.2. The highest BCUT2D eigenvalue weighted by Crippen LogP contribution is 2.38. The summed E-state index contributed by atoms with van der Waals surface area (Å²) in [6.07, 6.45) is 0. The third kappa shape index (κ3) is 4.23. The maximum atomic E-state index is 3.59. The summed E-state index contributed by atoms with van der Waals surface area (Å²) in [5.41, 5.74) is 11.8. The molecule has 0 aliphatic rings. The smallest absolute Gasteiger partial charge is 0.0541 e. The number of halogens is 1. The van der Waals surface area contributed by atoms with Crippen LogP contribution in [0.2, 0.25) is 0 Å². The first kappa shape index (κ1) is 26.1. The Hall–Kier alpha value is -5.38. The monoisotopic (exact) mass is 638 g/mol. The molecular weight excluding hydrogens is 612 g/mol. The molecule has 0 saturated heterocycles. The molecule has 7 aromatic carbocycles. The predicted molar refractivity (Wildman–Crippen MR) is 194 cm³/mol. The number of benzene rings is 7. The quantitative estimate of drug-likeness (QED) is 0.181. The van der Waals surface area contributed by atoms with Gasteiger partial charge >= 0.3 is 0 Å². The van der Waals surface area contributed by atoms with Gasteiger partial charge in [-0.25, -0.2) is 0 Å². The van der Waals surface area contributed by atoms with E-state index in [9.17, 15) is 0 Å². The van der Waals surface area contributed by atoms with E-state index in [1.54, 1.807) is 0 Å². The second-order valence-electron chi connectivity index (χ2n) is 11.6. The Bertz CT molecular complexity index is 2310. The summed E-state index contributed by atoms with van der Waals surface area (Å²) in [4.78, 5) is 0. The lowest BCUT2D eigenvalue weighted by atomic mass is 9.98. The second-order valence-corrected chi connectivity index (χ2v) is 12.5. The van der Waals surface area contributed by atoms with Gasteiger partial charge in [-0.1, -0.05) is 119 Å². The molecule has 0 amide bonds. The van der Waals surface area contributed by atoms with Crippen molar-refractivity contribution in [1.29, 1.82) is 0 Å². The van der Waals surface area contributed by atoms with E-state index in [0.717, 1.165) is 15.8 Å². The Morgan fingerprint density at radius 2 is 0.711 bits per heavy atom. The van der Waals surface area contributed by atoms with E-state index in [4.69, 9.17) is 0 Å². The Labute approximate surface area is 269 Å². The largest absolute Gasteiger partial charge is 0.309 e. The Morgan fingerprint density at radius 1 is 0.311 bits per heavy atom. The molecule has 0 atom stereocenters. The standard InChI is InChI=1S/C42H27BrN2/c43-32-22-20-28(21-23-32)29-10-9-11-30(24-29)31-25-33(44-39-16-5-1-12-35(39)36-13-2-6-17-40(36)44)27-34(26-31)45-41-18-7-3-14-37(41)38-15-4-8-19-42(38)45/h1-27H. The van der Waals surface area contributed by atoms with Crippen LogP contribution < -0.4 is 0 Å². The third-order valence-electron chi connectivity index (χ3n) is 8.95. The molecule has 0 radical (unpaired) electrons. The molecule has 212 valence electrons. The topological polar surface area (TPSA) is 9.86 Å². The molecule has 2 nitrogen and oxygen atoms in total. The zero-order chi connectivity index (χ0) is 29.9. The maximum absolute atomic E-state index is 3.59. The van der Waals surface area contributed by atoms with Gasteiger partial charge in [-0.15, -0.1) is 0 Å². The molecule has 0 unspecified atom stereocenters. The zero-order valence-electron chi connectivity index (χ0n) is 24.4. The molecule has 2 heterocycles. The van der Waals surface area contributed by atoms with E-state index in [-0.39, 0.29) is 0 Å². The van der Waals surface area contributed by atoms with Gasteiger partial charge in [-0.3, -0.25) is 0 Å². The molecule has 9 rings (SSSR count). The minimum absolute atomic E-state index is 1.08. The minimum Gasteiger partial charge on any atom is -0.309 e. The molecule has 0 N–H and O–H groups in total. The van der Waals surface area contributed by atoms with Crippen LogP contribution in [0, 0.1) is 0 Å². The van der Waals surface area contributed by atoms with Gasteiger partial charge in [0, 0.05) is 37.4 Å². The minimum atomic E-state index is 1.08. The summed E-state index contributed by atoms with van der Waals surface area (Å²) in [6, 6.07) is 59.4. The van der Waals surface area contributed by atoms with Crippen molar-refractivity contribution in [2.45, 2.75) is 0 Å². The van der Waals surface area contributed by atoms with Gasteiger partial charge in [0.2, 0.25) is 0 Å². The van der Waals surface area contributed by atoms with Gasteiger partial charge in [-0.2, -0.15) is 0 Å². The van der Waals surface area contributed by atoms with Crippen LogP contribution in [0.4, 0.5) is 0 Å². The van der Waals surface area contributed by atoms with Crippen molar-refractivity contribution >= 4 is 59.5 Å². The number of hydrogen-bond donors (Lipinski definition) is 0. The van der Waals surface area contributed by atoms with Crippen molar-refractivity contribution in [2.75, 3.05) is 0 Å². The first-order valence-electron chi connectivity index (χ1n) is 15.2. The fourth-order valence-corrected chi connectivity index (χ4v) is 7.21. The van der Waals surface area contributed by atoms with Crippen molar-refractivity contribution in [3.63, 3.8) is 0 Å². The molecule has 0 bridgehead atoms. The molecule has 0 fully saturated rings. The maximum Gasteiger partial charge on any atom is 0.0541 e. The van der Waals surface area contributed by atoms with Crippen molar-refractivity contribution in [3.05, 3.63) is 168 Å². The Kier molecular flexibility index (Phi) is 6.00. The summed E-state index contributed by atoms with van der Waals surface area (Å²) >= 11 is 3.59. The Balaban J connectivity index is 1.36. The highest BCUT2D eigenvalue weighted by atomic mass is 79.9. The van der Waals surface area contributed by atoms with Crippen LogP contribution in [0.3, 0.4) is 0 Å². The number of para-hydroxylation sites is 4. The fourth-order valence-electron chi connectivity index (χ4n) is 6.94. The van der Waals surface area contributed by atoms with Gasteiger partial charge in [0.1, 0.15) is 0 Å². The van der Waals surface area contributed by atoms with Gasteiger partial charge in [-0.05, 0) is 82.9 Å². The molecule has 0 aliphatic heterocycles. The summed E-state index contributed by atoms with van der Waals surface area (Å²) in [5.74, 6) is 0. The van der Waals surface area contributed by atoms with E-state index < -0.39 is 0 Å². The van der Waals surface area contributed by atoms with E-state index in [0.29, 0.717) is 0 Å². The van der Waals surface area contributed by atoms with Crippen molar-refractivity contribution in [2.24, 2.45) is 0 Å². The number of nitrogens with zero attached hydrogens (tertiary/aromatic N) is 2. The first-order valence-corrected chi connectivity index (χ1v) is 16.0.